The Kier molecular flexibility index (Phi) is 11.8. The molecule has 0 radical (unpaired) electrons. The Labute approximate surface area is 104 Å². The summed E-state index contributed by atoms with van der Waals surface area (Å²) < 4.78 is 0.873. The smallest absolute Gasteiger partial charge is 0.119 e. The van der Waals surface area contributed by atoms with E-state index in [4.69, 9.17) is 5.11 Å². The minimum Gasteiger partial charge on any atom is -1.00 e. The Bertz CT molecular complexity index is 140. The van der Waals surface area contributed by atoms with Crippen molar-refractivity contribution in [1.82, 2.24) is 0 Å². The van der Waals surface area contributed by atoms with Crippen molar-refractivity contribution in [3.05, 3.63) is 0 Å². The highest BCUT2D eigenvalue weighted by atomic mass is 127. The molecule has 0 fully saturated rings. The first-order valence-electron chi connectivity index (χ1n) is 4.99. The average molecular weight is 315 g/mol. The number of hydrogen-bond donors (Lipinski definition) is 1. The van der Waals surface area contributed by atoms with Crippen molar-refractivity contribution in [3.8, 4) is 0 Å². The summed E-state index contributed by atoms with van der Waals surface area (Å²) in [5.41, 5.74) is 0. The molecule has 0 rings (SSSR count). The van der Waals surface area contributed by atoms with E-state index in [9.17, 15) is 4.79 Å². The monoisotopic (exact) mass is 315 g/mol. The summed E-state index contributed by atoms with van der Waals surface area (Å²) in [5, 5.41) is 8.78. The molecule has 0 aliphatic rings. The van der Waals surface area contributed by atoms with Crippen LogP contribution < -0.4 is 24.0 Å². The summed E-state index contributed by atoms with van der Waals surface area (Å²) in [5.74, 6) is 0. The van der Waals surface area contributed by atoms with Crippen LogP contribution in [0.4, 0.5) is 0 Å². The van der Waals surface area contributed by atoms with E-state index >= 15 is 0 Å². The van der Waals surface area contributed by atoms with E-state index in [2.05, 4.69) is 14.1 Å². The van der Waals surface area contributed by atoms with E-state index in [0.29, 0.717) is 6.42 Å². The molecule has 14 heavy (non-hydrogen) atoms. The third-order valence-electron chi connectivity index (χ3n) is 2.29. The van der Waals surface area contributed by atoms with Crippen molar-refractivity contribution >= 4 is 6.29 Å². The minimum absolute atomic E-state index is 0. The molecule has 0 atom stereocenters. The van der Waals surface area contributed by atoms with Crippen LogP contribution >= 0.6 is 0 Å². The summed E-state index contributed by atoms with van der Waals surface area (Å²) in [6.07, 6.45) is 4.93. The molecule has 0 spiro atoms. The van der Waals surface area contributed by atoms with Crippen molar-refractivity contribution in [1.29, 1.82) is 0 Å². The van der Waals surface area contributed by atoms with Gasteiger partial charge in [0.25, 0.3) is 0 Å². The second-order valence-corrected chi connectivity index (χ2v) is 4.12. The number of aliphatic hydroxyl groups excluding tert-OH is 1. The van der Waals surface area contributed by atoms with Gasteiger partial charge in [0.15, 0.2) is 0 Å². The number of quaternary nitrogens is 1. The number of carbonyl (C=O) groups is 1. The number of rotatable bonds is 8. The van der Waals surface area contributed by atoms with Crippen LogP contribution in [0.25, 0.3) is 0 Å². The largest absolute Gasteiger partial charge is 1.00 e. The molecule has 0 heterocycles. The lowest BCUT2D eigenvalue weighted by Crippen LogP contribution is -3.00. The van der Waals surface area contributed by atoms with E-state index < -0.39 is 0 Å². The third-order valence-corrected chi connectivity index (χ3v) is 2.29. The highest BCUT2D eigenvalue weighted by molar-refractivity contribution is 5.48. The SMILES string of the molecule is C[N+](C)(CCO)CCCCCC=O.[I-]. The Balaban J connectivity index is 0. The minimum atomic E-state index is 0. The summed E-state index contributed by atoms with van der Waals surface area (Å²) in [6.45, 7) is 2.15. The maximum Gasteiger partial charge on any atom is 0.119 e. The lowest BCUT2D eigenvalue weighted by atomic mass is 10.2. The van der Waals surface area contributed by atoms with E-state index in [0.717, 1.165) is 43.1 Å². The summed E-state index contributed by atoms with van der Waals surface area (Å²) in [4.78, 5) is 10.0. The molecule has 0 saturated carbocycles. The molecule has 0 bridgehead atoms. The molecule has 0 aromatic heterocycles. The van der Waals surface area contributed by atoms with Crippen molar-refractivity contribution in [2.24, 2.45) is 0 Å². The molecule has 0 aromatic rings. The van der Waals surface area contributed by atoms with Crippen LogP contribution in [-0.4, -0.2) is 49.7 Å². The molecule has 0 unspecified atom stereocenters. The Hall–Kier alpha value is 0.320. The van der Waals surface area contributed by atoms with Crippen molar-refractivity contribution in [2.45, 2.75) is 25.7 Å². The van der Waals surface area contributed by atoms with Gasteiger partial charge in [-0.2, -0.15) is 0 Å². The predicted octanol–water partition coefficient (Wildman–Crippen LogP) is -2.18. The van der Waals surface area contributed by atoms with Crippen LogP contribution in [0.1, 0.15) is 25.7 Å². The summed E-state index contributed by atoms with van der Waals surface area (Å²) >= 11 is 0. The first-order valence-corrected chi connectivity index (χ1v) is 4.99. The van der Waals surface area contributed by atoms with Gasteiger partial charge in [0.05, 0.1) is 27.2 Å². The lowest BCUT2D eigenvalue weighted by molar-refractivity contribution is -0.890. The number of halogens is 1. The van der Waals surface area contributed by atoms with Crippen LogP contribution in [0.15, 0.2) is 0 Å². The number of hydrogen-bond acceptors (Lipinski definition) is 2. The molecule has 3 nitrogen and oxygen atoms in total. The fraction of sp³-hybridized carbons (Fsp3) is 0.900. The molecule has 4 heteroatoms. The number of likely N-dealkylation sites (N-methyl/N-ethyl adjacent to an activating group) is 1. The maximum absolute atomic E-state index is 10.0. The zero-order valence-corrected chi connectivity index (χ0v) is 11.4. The highest BCUT2D eigenvalue weighted by Crippen LogP contribution is 2.04. The van der Waals surface area contributed by atoms with Crippen LogP contribution in [0.3, 0.4) is 0 Å². The summed E-state index contributed by atoms with van der Waals surface area (Å²) in [6, 6.07) is 0. The molecular formula is C10H22INO2. The molecule has 0 aliphatic heterocycles. The van der Waals surface area contributed by atoms with Crippen LogP contribution in [-0.2, 0) is 4.79 Å². The highest BCUT2D eigenvalue weighted by Gasteiger charge is 2.12. The summed E-state index contributed by atoms with van der Waals surface area (Å²) in [7, 11) is 4.24. The second kappa shape index (κ2) is 9.86. The Morgan fingerprint density at radius 2 is 1.79 bits per heavy atom. The molecule has 0 saturated heterocycles. The molecule has 0 aromatic carbocycles. The quantitative estimate of drug-likeness (QED) is 0.239. The van der Waals surface area contributed by atoms with Gasteiger partial charge in [-0.05, 0) is 19.3 Å². The van der Waals surface area contributed by atoms with Crippen LogP contribution in [0.2, 0.25) is 0 Å². The zero-order valence-electron chi connectivity index (χ0n) is 9.21. The number of nitrogens with zero attached hydrogens (tertiary/aromatic N) is 1. The lowest BCUT2D eigenvalue weighted by Gasteiger charge is -2.28. The van der Waals surface area contributed by atoms with Crippen LogP contribution in [0, 0.1) is 0 Å². The topological polar surface area (TPSA) is 37.3 Å². The molecule has 0 amide bonds. The van der Waals surface area contributed by atoms with E-state index in [1.807, 2.05) is 0 Å². The van der Waals surface area contributed by atoms with Gasteiger partial charge in [-0.15, -0.1) is 0 Å². The number of aldehydes is 1. The number of unbranched alkanes of at least 4 members (excludes halogenated alkanes) is 3. The number of aliphatic hydroxyl groups is 1. The predicted molar refractivity (Wildman–Crippen MR) is 53.5 cm³/mol. The standard InChI is InChI=1S/C10H22NO2.HI/c1-11(2,8-10-13)7-5-3-4-6-9-12;/h9,13H,3-8,10H2,1-2H3;1H/q+1;/p-1. The van der Waals surface area contributed by atoms with Crippen molar-refractivity contribution < 1.29 is 38.4 Å². The number of carbonyl (C=O) groups excluding carboxylic acids is 1. The van der Waals surface area contributed by atoms with Gasteiger partial charge in [0.2, 0.25) is 0 Å². The Morgan fingerprint density at radius 3 is 2.29 bits per heavy atom. The van der Waals surface area contributed by atoms with Gasteiger partial charge in [-0.1, -0.05) is 0 Å². The van der Waals surface area contributed by atoms with Gasteiger partial charge in [-0.3, -0.25) is 0 Å². The van der Waals surface area contributed by atoms with E-state index in [-0.39, 0.29) is 30.6 Å². The van der Waals surface area contributed by atoms with E-state index in [1.54, 1.807) is 0 Å². The first kappa shape index (κ1) is 16.7. The molecule has 0 aliphatic carbocycles. The van der Waals surface area contributed by atoms with E-state index in [1.165, 1.54) is 0 Å². The van der Waals surface area contributed by atoms with Gasteiger partial charge >= 0.3 is 0 Å². The molecule has 86 valence electrons. The Morgan fingerprint density at radius 1 is 1.14 bits per heavy atom. The van der Waals surface area contributed by atoms with Gasteiger partial charge in [-0.25, -0.2) is 0 Å². The normalized spacial score (nSPS) is 10.8. The first-order chi connectivity index (χ1) is 6.12. The average Bonchev–Trinajstić information content (AvgIpc) is 2.04. The maximum atomic E-state index is 10.0. The van der Waals surface area contributed by atoms with Crippen molar-refractivity contribution in [3.63, 3.8) is 0 Å². The third kappa shape index (κ3) is 10.4. The molecular weight excluding hydrogens is 293 g/mol. The zero-order chi connectivity index (χ0) is 10.2. The van der Waals surface area contributed by atoms with Gasteiger partial charge in [0, 0.05) is 6.42 Å². The van der Waals surface area contributed by atoms with Gasteiger partial charge < -0.3 is 38.4 Å². The van der Waals surface area contributed by atoms with Crippen LogP contribution in [0.5, 0.6) is 0 Å². The second-order valence-electron chi connectivity index (χ2n) is 4.12. The fourth-order valence-corrected chi connectivity index (χ4v) is 1.33. The fourth-order valence-electron chi connectivity index (χ4n) is 1.33. The van der Waals surface area contributed by atoms with Crippen molar-refractivity contribution in [2.75, 3.05) is 33.8 Å². The molecule has 1 N–H and O–H groups in total. The van der Waals surface area contributed by atoms with Gasteiger partial charge in [0.1, 0.15) is 12.8 Å².